The number of nitrogens with zero attached hydrogens (tertiary/aromatic N) is 2. The highest BCUT2D eigenvalue weighted by atomic mass is 32.2. The molecule has 156 valence electrons. The number of hydrogen-bond donors (Lipinski definition) is 2. The van der Waals surface area contributed by atoms with E-state index in [0.717, 1.165) is 22.0 Å². The summed E-state index contributed by atoms with van der Waals surface area (Å²) in [6.45, 7) is 1.51. The summed E-state index contributed by atoms with van der Waals surface area (Å²) in [5.41, 5.74) is 1.34. The molecule has 0 atom stereocenters. The fourth-order valence-corrected chi connectivity index (χ4v) is 4.79. The molecule has 2 aromatic carbocycles. The molecule has 1 saturated heterocycles. The van der Waals surface area contributed by atoms with Crippen molar-refractivity contribution in [1.29, 1.82) is 0 Å². The third kappa shape index (κ3) is 3.44. The van der Waals surface area contributed by atoms with E-state index in [9.17, 15) is 19.1 Å². The molecule has 0 aromatic heterocycles. The van der Waals surface area contributed by atoms with Crippen LogP contribution in [0.3, 0.4) is 0 Å². The van der Waals surface area contributed by atoms with Crippen LogP contribution in [0.2, 0.25) is 0 Å². The van der Waals surface area contributed by atoms with E-state index in [0.29, 0.717) is 50.1 Å². The summed E-state index contributed by atoms with van der Waals surface area (Å²) >= 11 is 1.71. The number of benzene rings is 2. The van der Waals surface area contributed by atoms with E-state index in [1.54, 1.807) is 33.7 Å². The molecule has 2 aliphatic heterocycles. The van der Waals surface area contributed by atoms with Gasteiger partial charge in [0.05, 0.1) is 5.88 Å². The summed E-state index contributed by atoms with van der Waals surface area (Å²) in [6.07, 6.45) is 1.02. The van der Waals surface area contributed by atoms with Crippen molar-refractivity contribution in [3.05, 3.63) is 47.8 Å². The average molecular weight is 428 g/mol. The molecule has 0 unspecified atom stereocenters. The lowest BCUT2D eigenvalue weighted by Crippen LogP contribution is -2.53. The zero-order chi connectivity index (χ0) is 20.9. The Hall–Kier alpha value is -2.58. The number of carbonyl (C=O) groups is 2. The molecule has 0 spiro atoms. The van der Waals surface area contributed by atoms with Gasteiger partial charge in [0.25, 0.3) is 11.8 Å². The molecular weight excluding hydrogens is 405 g/mol. The molecule has 3 aliphatic rings. The maximum Gasteiger partial charge on any atom is 0.254 e. The van der Waals surface area contributed by atoms with E-state index in [4.69, 9.17) is 0 Å². The Morgan fingerprint density at radius 1 is 1.03 bits per heavy atom. The normalized spacial score (nSPS) is 19.3. The van der Waals surface area contributed by atoms with Gasteiger partial charge in [0, 0.05) is 47.9 Å². The van der Waals surface area contributed by atoms with Crippen molar-refractivity contribution in [2.75, 3.05) is 37.4 Å². The molecule has 2 fully saturated rings. The fraction of sp³-hybridized carbons (Fsp3) is 0.364. The number of amides is 2. The predicted octanol–water partition coefficient (Wildman–Crippen LogP) is 2.78. The highest BCUT2D eigenvalue weighted by Gasteiger charge is 2.50. The SMILES string of the molecule is O=C(c1ccc(-c2ccc3c(c2)NCS3)c(F)c1)N1CCN(C(=O)C2(O)CC2)CC1. The maximum atomic E-state index is 14.8. The minimum atomic E-state index is -1.18. The number of carbonyl (C=O) groups excluding carboxylic acids is 2. The van der Waals surface area contributed by atoms with Crippen LogP contribution in [-0.2, 0) is 4.79 Å². The lowest BCUT2D eigenvalue weighted by molar-refractivity contribution is -0.143. The number of thioether (sulfide) groups is 1. The number of fused-ring (bicyclic) bond motifs is 1. The van der Waals surface area contributed by atoms with Crippen molar-refractivity contribution in [2.45, 2.75) is 23.3 Å². The number of rotatable bonds is 3. The third-order valence-electron chi connectivity index (χ3n) is 5.97. The minimum absolute atomic E-state index is 0.243. The molecule has 0 bridgehead atoms. The Kier molecular flexibility index (Phi) is 4.71. The first kappa shape index (κ1) is 19.4. The summed E-state index contributed by atoms with van der Waals surface area (Å²) in [5, 5.41) is 13.2. The van der Waals surface area contributed by atoms with Gasteiger partial charge in [0.15, 0.2) is 0 Å². The van der Waals surface area contributed by atoms with E-state index in [-0.39, 0.29) is 11.8 Å². The van der Waals surface area contributed by atoms with Crippen molar-refractivity contribution in [2.24, 2.45) is 0 Å². The van der Waals surface area contributed by atoms with Gasteiger partial charge in [-0.3, -0.25) is 9.59 Å². The molecule has 0 radical (unpaired) electrons. The first-order valence-corrected chi connectivity index (χ1v) is 11.0. The third-order valence-corrected chi connectivity index (χ3v) is 6.93. The van der Waals surface area contributed by atoms with Crippen LogP contribution >= 0.6 is 11.8 Å². The summed E-state index contributed by atoms with van der Waals surface area (Å²) in [4.78, 5) is 29.5. The van der Waals surface area contributed by atoms with E-state index < -0.39 is 11.4 Å². The monoisotopic (exact) mass is 427 g/mol. The van der Waals surface area contributed by atoms with Gasteiger partial charge < -0.3 is 20.2 Å². The smallest absolute Gasteiger partial charge is 0.254 e. The number of piperazine rings is 1. The van der Waals surface area contributed by atoms with Crippen LogP contribution in [0.25, 0.3) is 11.1 Å². The standard InChI is InChI=1S/C22H22FN3O3S/c23-17-11-15(1-3-16(17)14-2-4-19-18(12-14)24-13-30-19)20(27)25-7-9-26(10-8-25)21(28)22(29)5-6-22/h1-4,11-12,24,29H,5-10,13H2. The topological polar surface area (TPSA) is 72.9 Å². The van der Waals surface area contributed by atoms with Gasteiger partial charge in [-0.1, -0.05) is 12.1 Å². The van der Waals surface area contributed by atoms with Gasteiger partial charge in [0.2, 0.25) is 0 Å². The highest BCUT2D eigenvalue weighted by molar-refractivity contribution is 7.99. The number of anilines is 1. The van der Waals surface area contributed by atoms with Crippen molar-refractivity contribution in [1.82, 2.24) is 9.80 Å². The Balaban J connectivity index is 1.28. The Morgan fingerprint density at radius 2 is 1.77 bits per heavy atom. The van der Waals surface area contributed by atoms with Crippen molar-refractivity contribution < 1.29 is 19.1 Å². The van der Waals surface area contributed by atoms with Crippen LogP contribution < -0.4 is 5.32 Å². The molecule has 5 rings (SSSR count). The van der Waals surface area contributed by atoms with Crippen molar-refractivity contribution >= 4 is 29.3 Å². The average Bonchev–Trinajstić information content (AvgIpc) is 3.34. The maximum absolute atomic E-state index is 14.8. The molecule has 30 heavy (non-hydrogen) atoms. The number of halogens is 1. The first-order chi connectivity index (χ1) is 14.4. The van der Waals surface area contributed by atoms with Gasteiger partial charge in [0.1, 0.15) is 11.4 Å². The molecular formula is C22H22FN3O3S. The molecule has 2 aromatic rings. The highest BCUT2D eigenvalue weighted by Crippen LogP contribution is 2.38. The predicted molar refractivity (Wildman–Crippen MR) is 113 cm³/mol. The van der Waals surface area contributed by atoms with E-state index in [2.05, 4.69) is 5.32 Å². The number of aliphatic hydroxyl groups is 1. The van der Waals surface area contributed by atoms with Gasteiger partial charge in [-0.2, -0.15) is 0 Å². The quantitative estimate of drug-likeness (QED) is 0.788. The first-order valence-electron chi connectivity index (χ1n) is 10.1. The number of nitrogens with one attached hydrogen (secondary N) is 1. The van der Waals surface area contributed by atoms with Crippen molar-refractivity contribution in [3.63, 3.8) is 0 Å². The van der Waals surface area contributed by atoms with Crippen LogP contribution in [0.15, 0.2) is 41.3 Å². The lowest BCUT2D eigenvalue weighted by Gasteiger charge is -2.35. The molecule has 2 heterocycles. The largest absolute Gasteiger partial charge is 0.380 e. The van der Waals surface area contributed by atoms with Crippen LogP contribution in [0.1, 0.15) is 23.2 Å². The Morgan fingerprint density at radius 3 is 2.47 bits per heavy atom. The van der Waals surface area contributed by atoms with Crippen LogP contribution in [-0.4, -0.2) is 64.4 Å². The fourth-order valence-electron chi connectivity index (χ4n) is 3.96. The van der Waals surface area contributed by atoms with E-state index in [1.807, 2.05) is 18.2 Å². The zero-order valence-corrected chi connectivity index (χ0v) is 17.2. The summed E-state index contributed by atoms with van der Waals surface area (Å²) < 4.78 is 14.8. The Labute approximate surface area is 178 Å². The van der Waals surface area contributed by atoms with Gasteiger partial charge in [-0.05, 0) is 42.7 Å². The molecule has 1 saturated carbocycles. The van der Waals surface area contributed by atoms with E-state index in [1.165, 1.54) is 6.07 Å². The molecule has 8 heteroatoms. The zero-order valence-electron chi connectivity index (χ0n) is 16.4. The molecule has 2 amide bonds. The number of hydrogen-bond acceptors (Lipinski definition) is 5. The second kappa shape index (κ2) is 7.28. The lowest BCUT2D eigenvalue weighted by atomic mass is 10.0. The Bertz CT molecular complexity index is 1030. The summed E-state index contributed by atoms with van der Waals surface area (Å²) in [6, 6.07) is 10.4. The van der Waals surface area contributed by atoms with Crippen molar-refractivity contribution in [3.8, 4) is 11.1 Å². The molecule has 6 nitrogen and oxygen atoms in total. The molecule has 1 aliphatic carbocycles. The van der Waals surface area contributed by atoms with Gasteiger partial charge in [-0.25, -0.2) is 4.39 Å². The second-order valence-corrected chi connectivity index (χ2v) is 9.00. The second-order valence-electron chi connectivity index (χ2n) is 7.99. The van der Waals surface area contributed by atoms with Crippen LogP contribution in [0.4, 0.5) is 10.1 Å². The van der Waals surface area contributed by atoms with Gasteiger partial charge >= 0.3 is 0 Å². The minimum Gasteiger partial charge on any atom is -0.380 e. The summed E-state index contributed by atoms with van der Waals surface area (Å²) in [7, 11) is 0. The summed E-state index contributed by atoms with van der Waals surface area (Å²) in [5.74, 6) is -0.111. The van der Waals surface area contributed by atoms with Crippen LogP contribution in [0.5, 0.6) is 0 Å². The molecule has 2 N–H and O–H groups in total. The van der Waals surface area contributed by atoms with Crippen LogP contribution in [0, 0.1) is 5.82 Å². The van der Waals surface area contributed by atoms with E-state index >= 15 is 0 Å². The van der Waals surface area contributed by atoms with Gasteiger partial charge in [-0.15, -0.1) is 11.8 Å².